The van der Waals surface area contributed by atoms with Crippen LogP contribution in [0.2, 0.25) is 0 Å². The number of benzene rings is 1. The van der Waals surface area contributed by atoms with Crippen molar-refractivity contribution in [3.8, 4) is 11.5 Å². The molecule has 0 aliphatic heterocycles. The lowest BCUT2D eigenvalue weighted by Gasteiger charge is -2.10. The fourth-order valence-electron chi connectivity index (χ4n) is 1.22. The molecule has 0 atom stereocenters. The molecule has 0 unspecified atom stereocenters. The number of aromatic nitrogens is 1. The molecule has 0 spiro atoms. The Labute approximate surface area is 104 Å². The van der Waals surface area contributed by atoms with E-state index in [0.29, 0.717) is 4.47 Å². The summed E-state index contributed by atoms with van der Waals surface area (Å²) in [5.41, 5.74) is 5.85. The molecule has 0 saturated carbocycles. The Morgan fingerprint density at radius 2 is 2.00 bits per heavy atom. The molecule has 0 fully saturated rings. The molecule has 3 nitrogen and oxygen atoms in total. The van der Waals surface area contributed by atoms with E-state index in [2.05, 4.69) is 20.9 Å². The van der Waals surface area contributed by atoms with Gasteiger partial charge in [-0.3, -0.25) is 4.98 Å². The minimum atomic E-state index is -1.06. The molecule has 2 N–H and O–H groups in total. The van der Waals surface area contributed by atoms with E-state index in [4.69, 9.17) is 10.5 Å². The molecule has 0 aliphatic carbocycles. The van der Waals surface area contributed by atoms with E-state index in [9.17, 15) is 8.78 Å². The normalized spacial score (nSPS) is 10.3. The predicted molar refractivity (Wildman–Crippen MR) is 62.8 cm³/mol. The maximum Gasteiger partial charge on any atom is 0.201 e. The monoisotopic (exact) mass is 300 g/mol. The highest BCUT2D eigenvalue weighted by Gasteiger charge is 2.13. The summed E-state index contributed by atoms with van der Waals surface area (Å²) < 4.78 is 32.0. The lowest BCUT2D eigenvalue weighted by Crippen LogP contribution is -1.97. The number of anilines is 1. The average molecular weight is 301 g/mol. The van der Waals surface area contributed by atoms with Crippen molar-refractivity contribution in [1.82, 2.24) is 4.98 Å². The van der Waals surface area contributed by atoms with Crippen molar-refractivity contribution in [2.24, 2.45) is 0 Å². The fraction of sp³-hybridized carbons (Fsp3) is 0. The van der Waals surface area contributed by atoms with Crippen molar-refractivity contribution in [1.29, 1.82) is 0 Å². The maximum absolute atomic E-state index is 13.4. The van der Waals surface area contributed by atoms with Gasteiger partial charge in [-0.2, -0.15) is 4.39 Å². The molecule has 1 aromatic carbocycles. The van der Waals surface area contributed by atoms with Crippen LogP contribution in [0.5, 0.6) is 11.5 Å². The lowest BCUT2D eigenvalue weighted by atomic mass is 10.3. The number of hydrogen-bond acceptors (Lipinski definition) is 3. The lowest BCUT2D eigenvalue weighted by molar-refractivity contribution is 0.415. The van der Waals surface area contributed by atoms with Crippen molar-refractivity contribution in [2.45, 2.75) is 0 Å². The number of pyridine rings is 1. The summed E-state index contributed by atoms with van der Waals surface area (Å²) >= 11 is 3.16. The highest BCUT2D eigenvalue weighted by atomic mass is 79.9. The molecule has 88 valence electrons. The summed E-state index contributed by atoms with van der Waals surface area (Å²) in [4.78, 5) is 3.81. The molecule has 2 rings (SSSR count). The Balaban J connectivity index is 2.42. The summed E-state index contributed by atoms with van der Waals surface area (Å²) in [7, 11) is 0. The first-order valence-corrected chi connectivity index (χ1v) is 5.39. The van der Waals surface area contributed by atoms with Crippen LogP contribution in [-0.2, 0) is 0 Å². The highest BCUT2D eigenvalue weighted by molar-refractivity contribution is 9.10. The molecular formula is C11H7BrF2N2O. The standard InChI is InChI=1S/C11H7BrF2N2O/c12-6-4-16-5-8(15)11(6)17-9-3-1-2-7(13)10(9)14/h1-5H,15H2. The van der Waals surface area contributed by atoms with Gasteiger partial charge in [-0.15, -0.1) is 0 Å². The number of rotatable bonds is 2. The van der Waals surface area contributed by atoms with Crippen LogP contribution in [-0.4, -0.2) is 4.98 Å². The highest BCUT2D eigenvalue weighted by Crippen LogP contribution is 2.35. The number of halogens is 3. The Kier molecular flexibility index (Phi) is 3.23. The Morgan fingerprint density at radius 1 is 1.24 bits per heavy atom. The third-order valence-corrected chi connectivity index (χ3v) is 2.57. The number of nitrogens with zero attached hydrogens (tertiary/aromatic N) is 1. The van der Waals surface area contributed by atoms with Gasteiger partial charge in [0, 0.05) is 6.20 Å². The smallest absolute Gasteiger partial charge is 0.201 e. The maximum atomic E-state index is 13.4. The van der Waals surface area contributed by atoms with E-state index < -0.39 is 11.6 Å². The van der Waals surface area contributed by atoms with Crippen LogP contribution in [0, 0.1) is 11.6 Å². The second kappa shape index (κ2) is 4.67. The first kappa shape index (κ1) is 11.8. The predicted octanol–water partition coefficient (Wildman–Crippen LogP) is 3.50. The van der Waals surface area contributed by atoms with Crippen LogP contribution in [0.25, 0.3) is 0 Å². The van der Waals surface area contributed by atoms with Crippen LogP contribution in [0.3, 0.4) is 0 Å². The van der Waals surface area contributed by atoms with Gasteiger partial charge >= 0.3 is 0 Å². The van der Waals surface area contributed by atoms with E-state index in [0.717, 1.165) is 6.07 Å². The van der Waals surface area contributed by atoms with Crippen molar-refractivity contribution < 1.29 is 13.5 Å². The zero-order valence-corrected chi connectivity index (χ0v) is 10.0. The molecule has 0 bridgehead atoms. The van der Waals surface area contributed by atoms with Crippen LogP contribution >= 0.6 is 15.9 Å². The molecule has 0 amide bonds. The minimum Gasteiger partial charge on any atom is -0.451 e. The Morgan fingerprint density at radius 3 is 2.71 bits per heavy atom. The van der Waals surface area contributed by atoms with Gasteiger partial charge in [-0.05, 0) is 28.1 Å². The quantitative estimate of drug-likeness (QED) is 0.923. The van der Waals surface area contributed by atoms with Crippen LogP contribution in [0.15, 0.2) is 35.1 Å². The molecule has 0 aliphatic rings. The topological polar surface area (TPSA) is 48.1 Å². The first-order chi connectivity index (χ1) is 8.09. The largest absolute Gasteiger partial charge is 0.451 e. The van der Waals surface area contributed by atoms with E-state index in [1.165, 1.54) is 24.5 Å². The molecule has 6 heteroatoms. The molecule has 1 aromatic heterocycles. The van der Waals surface area contributed by atoms with Crippen LogP contribution in [0.1, 0.15) is 0 Å². The van der Waals surface area contributed by atoms with Crippen LogP contribution < -0.4 is 10.5 Å². The number of nitrogen functional groups attached to an aromatic ring is 1. The summed E-state index contributed by atoms with van der Waals surface area (Å²) in [6, 6.07) is 3.66. The molecule has 17 heavy (non-hydrogen) atoms. The Hall–Kier alpha value is -1.69. The Bertz CT molecular complexity index is 543. The van der Waals surface area contributed by atoms with Crippen molar-refractivity contribution >= 4 is 21.6 Å². The first-order valence-electron chi connectivity index (χ1n) is 4.60. The summed E-state index contributed by atoms with van der Waals surface area (Å²) in [5.74, 6) is -2.07. The number of hydrogen-bond donors (Lipinski definition) is 1. The zero-order chi connectivity index (χ0) is 12.4. The summed E-state index contributed by atoms with van der Waals surface area (Å²) in [6.07, 6.45) is 2.81. The van der Waals surface area contributed by atoms with Gasteiger partial charge in [0.05, 0.1) is 16.4 Å². The third-order valence-electron chi connectivity index (χ3n) is 2.01. The second-order valence-electron chi connectivity index (χ2n) is 3.19. The van der Waals surface area contributed by atoms with Gasteiger partial charge in [0.25, 0.3) is 0 Å². The van der Waals surface area contributed by atoms with Gasteiger partial charge in [-0.25, -0.2) is 4.39 Å². The fourth-order valence-corrected chi connectivity index (χ4v) is 1.65. The minimum absolute atomic E-state index is 0.199. The second-order valence-corrected chi connectivity index (χ2v) is 4.05. The molecule has 0 radical (unpaired) electrons. The van der Waals surface area contributed by atoms with Crippen molar-refractivity contribution in [2.75, 3.05) is 5.73 Å². The summed E-state index contributed by atoms with van der Waals surface area (Å²) in [6.45, 7) is 0. The van der Waals surface area contributed by atoms with Gasteiger partial charge in [-0.1, -0.05) is 6.07 Å². The van der Waals surface area contributed by atoms with Crippen molar-refractivity contribution in [3.05, 3.63) is 46.7 Å². The van der Waals surface area contributed by atoms with E-state index in [1.807, 2.05) is 0 Å². The van der Waals surface area contributed by atoms with Crippen LogP contribution in [0.4, 0.5) is 14.5 Å². The third kappa shape index (κ3) is 2.36. The van der Waals surface area contributed by atoms with Gasteiger partial charge in [0.2, 0.25) is 5.82 Å². The van der Waals surface area contributed by atoms with Gasteiger partial charge < -0.3 is 10.5 Å². The van der Waals surface area contributed by atoms with E-state index in [1.54, 1.807) is 0 Å². The summed E-state index contributed by atoms with van der Waals surface area (Å²) in [5, 5.41) is 0. The van der Waals surface area contributed by atoms with Crippen molar-refractivity contribution in [3.63, 3.8) is 0 Å². The number of ether oxygens (including phenoxy) is 1. The number of nitrogens with two attached hydrogens (primary N) is 1. The molecule has 0 saturated heterocycles. The molecule has 1 heterocycles. The van der Waals surface area contributed by atoms with Gasteiger partial charge in [0.15, 0.2) is 17.3 Å². The molecular weight excluding hydrogens is 294 g/mol. The molecule has 2 aromatic rings. The van der Waals surface area contributed by atoms with E-state index >= 15 is 0 Å². The van der Waals surface area contributed by atoms with Gasteiger partial charge in [0.1, 0.15) is 0 Å². The average Bonchev–Trinajstić information content (AvgIpc) is 2.29. The SMILES string of the molecule is Nc1cncc(Br)c1Oc1cccc(F)c1F. The zero-order valence-electron chi connectivity index (χ0n) is 8.45. The van der Waals surface area contributed by atoms with E-state index in [-0.39, 0.29) is 17.2 Å².